The summed E-state index contributed by atoms with van der Waals surface area (Å²) in [5.41, 5.74) is 0.832. The first-order valence-corrected chi connectivity index (χ1v) is 12.7. The SMILES string of the molecule is CCC(C(=O)NC(C)C)N(Cc1ccc(Cl)c(Cl)c1)C(=O)CCCSc1ccc(Cl)cc1. The largest absolute Gasteiger partial charge is 0.352 e. The summed E-state index contributed by atoms with van der Waals surface area (Å²) in [7, 11) is 0. The third-order valence-corrected chi connectivity index (χ3v) is 6.86. The van der Waals surface area contributed by atoms with Gasteiger partial charge in [-0.1, -0.05) is 47.8 Å². The fourth-order valence-corrected chi connectivity index (χ4v) is 4.52. The monoisotopic (exact) mass is 514 g/mol. The van der Waals surface area contributed by atoms with Crippen molar-refractivity contribution in [3.8, 4) is 0 Å². The van der Waals surface area contributed by atoms with Crippen molar-refractivity contribution < 1.29 is 9.59 Å². The lowest BCUT2D eigenvalue weighted by Gasteiger charge is -2.31. The fraction of sp³-hybridized carbons (Fsp3) is 0.417. The number of halogens is 3. The number of carbonyl (C=O) groups excluding carboxylic acids is 2. The second-order valence-corrected chi connectivity index (χ2v) is 10.2. The second kappa shape index (κ2) is 13.3. The summed E-state index contributed by atoms with van der Waals surface area (Å²) in [4.78, 5) is 28.8. The zero-order valence-electron chi connectivity index (χ0n) is 18.5. The zero-order valence-corrected chi connectivity index (χ0v) is 21.6. The minimum Gasteiger partial charge on any atom is -0.352 e. The van der Waals surface area contributed by atoms with Gasteiger partial charge in [0.15, 0.2) is 0 Å². The average Bonchev–Trinajstić information content (AvgIpc) is 2.74. The zero-order chi connectivity index (χ0) is 23.7. The van der Waals surface area contributed by atoms with Crippen molar-refractivity contribution in [2.75, 3.05) is 5.75 Å². The van der Waals surface area contributed by atoms with Crippen LogP contribution >= 0.6 is 46.6 Å². The van der Waals surface area contributed by atoms with E-state index in [0.717, 1.165) is 16.2 Å². The number of hydrogen-bond donors (Lipinski definition) is 1. The lowest BCUT2D eigenvalue weighted by atomic mass is 10.1. The summed E-state index contributed by atoms with van der Waals surface area (Å²) in [6.07, 6.45) is 1.57. The van der Waals surface area contributed by atoms with Gasteiger partial charge in [-0.05, 0) is 74.4 Å². The van der Waals surface area contributed by atoms with Gasteiger partial charge in [0.25, 0.3) is 0 Å². The van der Waals surface area contributed by atoms with Gasteiger partial charge in [0.2, 0.25) is 11.8 Å². The van der Waals surface area contributed by atoms with Crippen molar-refractivity contribution in [3.05, 3.63) is 63.1 Å². The standard InChI is InChI=1S/C24H29Cl3N2O2S/c1-4-22(24(31)28-16(2)3)29(15-17-7-12-20(26)21(27)14-17)23(30)6-5-13-32-19-10-8-18(25)9-11-19/h7-12,14,16,22H,4-6,13,15H2,1-3H3,(H,28,31). The molecule has 0 bridgehead atoms. The maximum atomic E-state index is 13.2. The van der Waals surface area contributed by atoms with Gasteiger partial charge >= 0.3 is 0 Å². The molecular weight excluding hydrogens is 487 g/mol. The van der Waals surface area contributed by atoms with Crippen LogP contribution in [0.1, 0.15) is 45.6 Å². The molecule has 2 rings (SSSR count). The summed E-state index contributed by atoms with van der Waals surface area (Å²) < 4.78 is 0. The number of nitrogens with zero attached hydrogens (tertiary/aromatic N) is 1. The molecule has 1 atom stereocenters. The van der Waals surface area contributed by atoms with E-state index in [1.165, 1.54) is 0 Å². The highest BCUT2D eigenvalue weighted by atomic mass is 35.5. The molecule has 0 fully saturated rings. The van der Waals surface area contributed by atoms with E-state index in [-0.39, 0.29) is 17.9 Å². The molecule has 4 nitrogen and oxygen atoms in total. The second-order valence-electron chi connectivity index (χ2n) is 7.76. The smallest absolute Gasteiger partial charge is 0.243 e. The van der Waals surface area contributed by atoms with E-state index in [9.17, 15) is 9.59 Å². The number of rotatable bonds is 11. The molecule has 32 heavy (non-hydrogen) atoms. The van der Waals surface area contributed by atoms with Gasteiger partial charge < -0.3 is 10.2 Å². The predicted octanol–water partition coefficient (Wildman–Crippen LogP) is 6.85. The van der Waals surface area contributed by atoms with Crippen LogP contribution in [-0.4, -0.2) is 34.6 Å². The van der Waals surface area contributed by atoms with E-state index in [2.05, 4.69) is 5.32 Å². The minimum atomic E-state index is -0.553. The number of amides is 2. The Morgan fingerprint density at radius 2 is 1.72 bits per heavy atom. The highest BCUT2D eigenvalue weighted by Gasteiger charge is 2.28. The lowest BCUT2D eigenvalue weighted by Crippen LogP contribution is -2.50. The van der Waals surface area contributed by atoms with Gasteiger partial charge in [0.05, 0.1) is 10.0 Å². The van der Waals surface area contributed by atoms with Crippen molar-refractivity contribution in [2.45, 2.75) is 63.6 Å². The van der Waals surface area contributed by atoms with E-state index in [0.29, 0.717) is 40.9 Å². The average molecular weight is 516 g/mol. The van der Waals surface area contributed by atoms with Crippen LogP contribution in [0.2, 0.25) is 15.1 Å². The van der Waals surface area contributed by atoms with E-state index in [4.69, 9.17) is 34.8 Å². The molecule has 0 aliphatic carbocycles. The van der Waals surface area contributed by atoms with Crippen molar-refractivity contribution in [1.82, 2.24) is 10.2 Å². The molecule has 0 saturated carbocycles. The Hall–Kier alpha value is -1.40. The van der Waals surface area contributed by atoms with Gasteiger partial charge in [-0.25, -0.2) is 0 Å². The molecule has 174 valence electrons. The highest BCUT2D eigenvalue weighted by Crippen LogP contribution is 2.25. The van der Waals surface area contributed by atoms with Crippen LogP contribution in [0, 0.1) is 0 Å². The van der Waals surface area contributed by atoms with Gasteiger partial charge in [0, 0.05) is 28.9 Å². The molecule has 2 aromatic rings. The summed E-state index contributed by atoms with van der Waals surface area (Å²) in [6, 6.07) is 12.4. The summed E-state index contributed by atoms with van der Waals surface area (Å²) in [5.74, 6) is 0.591. The Balaban J connectivity index is 2.08. The quantitative estimate of drug-likeness (QED) is 0.263. The summed E-state index contributed by atoms with van der Waals surface area (Å²) >= 11 is 19.8. The van der Waals surface area contributed by atoms with Crippen LogP contribution in [0.4, 0.5) is 0 Å². The Morgan fingerprint density at radius 1 is 1.03 bits per heavy atom. The van der Waals surface area contributed by atoms with Crippen molar-refractivity contribution in [2.24, 2.45) is 0 Å². The molecule has 1 N–H and O–H groups in total. The molecular formula is C24H29Cl3N2O2S. The molecule has 0 aliphatic rings. The molecule has 0 aromatic heterocycles. The van der Waals surface area contributed by atoms with Crippen molar-refractivity contribution in [3.63, 3.8) is 0 Å². The molecule has 0 saturated heterocycles. The van der Waals surface area contributed by atoms with E-state index in [1.807, 2.05) is 51.1 Å². The molecule has 0 radical (unpaired) electrons. The van der Waals surface area contributed by atoms with Gasteiger partial charge in [-0.2, -0.15) is 0 Å². The minimum absolute atomic E-state index is 0.00532. The molecule has 0 heterocycles. The normalized spacial score (nSPS) is 12.0. The number of nitrogens with one attached hydrogen (secondary N) is 1. The Bertz CT molecular complexity index is 907. The predicted molar refractivity (Wildman–Crippen MR) is 136 cm³/mol. The molecule has 2 aromatic carbocycles. The van der Waals surface area contributed by atoms with E-state index < -0.39 is 6.04 Å². The molecule has 0 spiro atoms. The maximum Gasteiger partial charge on any atom is 0.243 e. The molecule has 8 heteroatoms. The molecule has 0 aliphatic heterocycles. The number of thioether (sulfide) groups is 1. The molecule has 2 amide bonds. The number of carbonyl (C=O) groups is 2. The van der Waals surface area contributed by atoms with Crippen LogP contribution in [0.15, 0.2) is 47.4 Å². The van der Waals surface area contributed by atoms with Crippen LogP contribution in [0.5, 0.6) is 0 Å². The topological polar surface area (TPSA) is 49.4 Å². The maximum absolute atomic E-state index is 13.2. The van der Waals surface area contributed by atoms with Gasteiger partial charge in [-0.15, -0.1) is 11.8 Å². The lowest BCUT2D eigenvalue weighted by molar-refractivity contribution is -0.141. The molecule has 1 unspecified atom stereocenters. The number of benzene rings is 2. The fourth-order valence-electron chi connectivity index (χ4n) is 3.22. The van der Waals surface area contributed by atoms with Crippen LogP contribution in [-0.2, 0) is 16.1 Å². The van der Waals surface area contributed by atoms with Crippen molar-refractivity contribution >= 4 is 58.4 Å². The third-order valence-electron chi connectivity index (χ3n) is 4.77. The first kappa shape index (κ1) is 26.8. The van der Waals surface area contributed by atoms with Gasteiger partial charge in [-0.3, -0.25) is 9.59 Å². The summed E-state index contributed by atoms with van der Waals surface area (Å²) in [6.45, 7) is 6.02. The third kappa shape index (κ3) is 8.51. The van der Waals surface area contributed by atoms with E-state index in [1.54, 1.807) is 28.8 Å². The Morgan fingerprint density at radius 3 is 2.31 bits per heavy atom. The van der Waals surface area contributed by atoms with Crippen LogP contribution in [0.25, 0.3) is 0 Å². The highest BCUT2D eigenvalue weighted by molar-refractivity contribution is 7.99. The van der Waals surface area contributed by atoms with E-state index >= 15 is 0 Å². The van der Waals surface area contributed by atoms with Crippen LogP contribution in [0.3, 0.4) is 0 Å². The first-order valence-electron chi connectivity index (χ1n) is 10.6. The Labute approximate surface area is 210 Å². The number of hydrogen-bond acceptors (Lipinski definition) is 3. The first-order chi connectivity index (χ1) is 15.2. The summed E-state index contributed by atoms with van der Waals surface area (Å²) in [5, 5.41) is 4.52. The van der Waals surface area contributed by atoms with Crippen LogP contribution < -0.4 is 5.32 Å². The van der Waals surface area contributed by atoms with Crippen molar-refractivity contribution in [1.29, 1.82) is 0 Å². The Kier molecular flexibility index (Phi) is 11.2. The van der Waals surface area contributed by atoms with Gasteiger partial charge in [0.1, 0.15) is 6.04 Å².